The van der Waals surface area contributed by atoms with E-state index in [2.05, 4.69) is 53.9 Å². The Bertz CT molecular complexity index is 354. The Kier molecular flexibility index (Phi) is 5.13. The molecular formula is C11H14Br2N2S. The van der Waals surface area contributed by atoms with Gasteiger partial charge in [0.15, 0.2) is 0 Å². The van der Waals surface area contributed by atoms with Crippen molar-refractivity contribution in [3.05, 3.63) is 26.9 Å². The molecule has 0 unspecified atom stereocenters. The second-order valence-corrected chi connectivity index (χ2v) is 6.84. The van der Waals surface area contributed by atoms with Gasteiger partial charge in [-0.15, -0.1) is 0 Å². The zero-order valence-corrected chi connectivity index (χ0v) is 12.9. The fraction of sp³-hybridized carbons (Fsp3) is 0.545. The summed E-state index contributed by atoms with van der Waals surface area (Å²) in [6.45, 7) is 0.850. The smallest absolute Gasteiger partial charge is 0.0684 e. The number of aromatic nitrogens is 1. The van der Waals surface area contributed by atoms with Crippen molar-refractivity contribution < 1.29 is 0 Å². The quantitative estimate of drug-likeness (QED) is 0.885. The van der Waals surface area contributed by atoms with Gasteiger partial charge in [0.05, 0.1) is 5.69 Å². The molecular weight excluding hydrogens is 352 g/mol. The minimum absolute atomic E-state index is 0.665. The summed E-state index contributed by atoms with van der Waals surface area (Å²) >= 11 is 9.00. The van der Waals surface area contributed by atoms with Gasteiger partial charge < -0.3 is 5.32 Å². The molecule has 5 heteroatoms. The van der Waals surface area contributed by atoms with Crippen LogP contribution in [0.1, 0.15) is 18.5 Å². The summed E-state index contributed by atoms with van der Waals surface area (Å²) < 4.78 is 2.08. The van der Waals surface area contributed by atoms with Gasteiger partial charge in [-0.1, -0.05) is 0 Å². The van der Waals surface area contributed by atoms with Crippen molar-refractivity contribution in [1.29, 1.82) is 0 Å². The molecule has 0 aromatic carbocycles. The highest BCUT2D eigenvalue weighted by Crippen LogP contribution is 2.21. The summed E-state index contributed by atoms with van der Waals surface area (Å²) in [4.78, 5) is 4.40. The molecule has 0 saturated carbocycles. The van der Waals surface area contributed by atoms with E-state index < -0.39 is 0 Å². The molecule has 0 spiro atoms. The summed E-state index contributed by atoms with van der Waals surface area (Å²) in [5.74, 6) is 2.57. The second-order valence-electron chi connectivity index (χ2n) is 3.85. The van der Waals surface area contributed by atoms with Crippen LogP contribution in [0.5, 0.6) is 0 Å². The van der Waals surface area contributed by atoms with Crippen molar-refractivity contribution in [2.24, 2.45) is 0 Å². The Morgan fingerprint density at radius 2 is 2.12 bits per heavy atom. The van der Waals surface area contributed by atoms with Gasteiger partial charge in [0.25, 0.3) is 0 Å². The summed E-state index contributed by atoms with van der Waals surface area (Å²) in [7, 11) is 0. The first-order chi connectivity index (χ1) is 7.75. The Morgan fingerprint density at radius 3 is 2.81 bits per heavy atom. The van der Waals surface area contributed by atoms with Crippen LogP contribution in [0.2, 0.25) is 0 Å². The molecule has 1 aliphatic rings. The highest BCUT2D eigenvalue weighted by atomic mass is 79.9. The van der Waals surface area contributed by atoms with Crippen molar-refractivity contribution in [3.8, 4) is 0 Å². The number of nitrogens with zero attached hydrogens (tertiary/aromatic N) is 1. The average molecular weight is 366 g/mol. The van der Waals surface area contributed by atoms with Crippen LogP contribution in [-0.4, -0.2) is 22.5 Å². The fourth-order valence-corrected chi connectivity index (χ4v) is 3.95. The first kappa shape index (κ1) is 12.9. The van der Waals surface area contributed by atoms with Gasteiger partial charge in [0.1, 0.15) is 0 Å². The topological polar surface area (TPSA) is 24.9 Å². The van der Waals surface area contributed by atoms with E-state index in [1.54, 1.807) is 0 Å². The molecule has 1 N–H and O–H groups in total. The Hall–Kier alpha value is 0.420. The Labute approximate surface area is 117 Å². The van der Waals surface area contributed by atoms with E-state index in [0.717, 1.165) is 21.2 Å². The van der Waals surface area contributed by atoms with Crippen LogP contribution in [0.25, 0.3) is 0 Å². The van der Waals surface area contributed by atoms with E-state index in [9.17, 15) is 0 Å². The van der Waals surface area contributed by atoms with Crippen molar-refractivity contribution in [2.75, 3.05) is 11.5 Å². The summed E-state index contributed by atoms with van der Waals surface area (Å²) in [6, 6.07) is 2.71. The van der Waals surface area contributed by atoms with Gasteiger partial charge >= 0.3 is 0 Å². The van der Waals surface area contributed by atoms with Crippen LogP contribution in [0.4, 0.5) is 0 Å². The maximum atomic E-state index is 4.40. The molecule has 2 heterocycles. The van der Waals surface area contributed by atoms with Crippen molar-refractivity contribution in [2.45, 2.75) is 25.4 Å². The molecule has 2 nitrogen and oxygen atoms in total. The molecule has 2 rings (SSSR count). The predicted molar refractivity (Wildman–Crippen MR) is 76.8 cm³/mol. The molecule has 0 atom stereocenters. The third-order valence-electron chi connectivity index (χ3n) is 2.66. The molecule has 1 fully saturated rings. The predicted octanol–water partition coefficient (Wildman–Crippen LogP) is 3.59. The fourth-order valence-electron chi connectivity index (χ4n) is 1.72. The minimum atomic E-state index is 0.665. The molecule has 1 aromatic heterocycles. The van der Waals surface area contributed by atoms with Crippen molar-refractivity contribution in [1.82, 2.24) is 10.3 Å². The lowest BCUT2D eigenvalue weighted by Gasteiger charge is -2.22. The van der Waals surface area contributed by atoms with Crippen LogP contribution in [0.15, 0.2) is 21.2 Å². The lowest BCUT2D eigenvalue weighted by Crippen LogP contribution is -2.32. The van der Waals surface area contributed by atoms with Gasteiger partial charge in [0.2, 0.25) is 0 Å². The van der Waals surface area contributed by atoms with Gasteiger partial charge in [-0.3, -0.25) is 4.98 Å². The number of thioether (sulfide) groups is 1. The lowest BCUT2D eigenvalue weighted by molar-refractivity contribution is 0.478. The number of nitrogens with one attached hydrogen (secondary N) is 1. The lowest BCUT2D eigenvalue weighted by atomic mass is 10.1. The number of hydrogen-bond donors (Lipinski definition) is 1. The maximum absolute atomic E-state index is 4.40. The standard InChI is InChI=1S/C11H14Br2N2S/c12-8-5-10(13)11(15-6-8)7-14-9-1-3-16-4-2-9/h5-6,9,14H,1-4,7H2. The van der Waals surface area contributed by atoms with Gasteiger partial charge in [-0.25, -0.2) is 0 Å². The Morgan fingerprint density at radius 1 is 1.38 bits per heavy atom. The van der Waals surface area contributed by atoms with Crippen molar-refractivity contribution >= 4 is 43.6 Å². The molecule has 88 valence electrons. The first-order valence-electron chi connectivity index (χ1n) is 5.37. The summed E-state index contributed by atoms with van der Waals surface area (Å²) in [5, 5.41) is 3.58. The highest BCUT2D eigenvalue weighted by molar-refractivity contribution is 9.11. The molecule has 0 amide bonds. The number of halogens is 2. The summed E-state index contributed by atoms with van der Waals surface area (Å²) in [6.07, 6.45) is 4.40. The number of rotatable bonds is 3. The van der Waals surface area contributed by atoms with E-state index in [-0.39, 0.29) is 0 Å². The molecule has 16 heavy (non-hydrogen) atoms. The largest absolute Gasteiger partial charge is 0.308 e. The van der Waals surface area contributed by atoms with E-state index in [1.807, 2.05) is 12.3 Å². The average Bonchev–Trinajstić information content (AvgIpc) is 2.29. The maximum Gasteiger partial charge on any atom is 0.0684 e. The zero-order chi connectivity index (χ0) is 11.4. The minimum Gasteiger partial charge on any atom is -0.308 e. The van der Waals surface area contributed by atoms with Crippen LogP contribution >= 0.6 is 43.6 Å². The molecule has 0 aliphatic carbocycles. The third-order valence-corrected chi connectivity index (χ3v) is 4.83. The van der Waals surface area contributed by atoms with Crippen LogP contribution in [0, 0.1) is 0 Å². The number of hydrogen-bond acceptors (Lipinski definition) is 3. The van der Waals surface area contributed by atoms with Gasteiger partial charge in [0, 0.05) is 27.7 Å². The van der Waals surface area contributed by atoms with Crippen molar-refractivity contribution in [3.63, 3.8) is 0 Å². The molecule has 1 saturated heterocycles. The molecule has 0 bridgehead atoms. The normalized spacial score (nSPS) is 17.6. The summed E-state index contributed by atoms with van der Waals surface area (Å²) in [5.41, 5.74) is 1.08. The zero-order valence-electron chi connectivity index (χ0n) is 8.88. The van der Waals surface area contributed by atoms with E-state index in [1.165, 1.54) is 24.3 Å². The van der Waals surface area contributed by atoms with Gasteiger partial charge in [-0.05, 0) is 62.3 Å². The number of pyridine rings is 1. The van der Waals surface area contributed by atoms with Crippen LogP contribution in [-0.2, 0) is 6.54 Å². The first-order valence-corrected chi connectivity index (χ1v) is 8.11. The van der Waals surface area contributed by atoms with Gasteiger partial charge in [-0.2, -0.15) is 11.8 Å². The molecule has 1 aromatic rings. The van der Waals surface area contributed by atoms with Crippen LogP contribution < -0.4 is 5.32 Å². The molecule has 0 radical (unpaired) electrons. The van der Waals surface area contributed by atoms with E-state index in [4.69, 9.17) is 0 Å². The third kappa shape index (κ3) is 3.72. The van der Waals surface area contributed by atoms with E-state index >= 15 is 0 Å². The second kappa shape index (κ2) is 6.38. The van der Waals surface area contributed by atoms with E-state index in [0.29, 0.717) is 6.04 Å². The SMILES string of the molecule is Brc1cnc(CNC2CCSCC2)c(Br)c1. The highest BCUT2D eigenvalue weighted by Gasteiger charge is 2.13. The molecule has 1 aliphatic heterocycles. The van der Waals surface area contributed by atoms with Crippen LogP contribution in [0.3, 0.4) is 0 Å². The monoisotopic (exact) mass is 364 g/mol. The Balaban J connectivity index is 1.88.